The molecule has 0 amide bonds. The number of ether oxygens (including phenoxy) is 1. The van der Waals surface area contributed by atoms with Crippen LogP contribution in [0.1, 0.15) is 36.2 Å². The average Bonchev–Trinajstić information content (AvgIpc) is 2.62. The van der Waals surface area contributed by atoms with Crippen LogP contribution in [0.4, 0.5) is 5.69 Å². The van der Waals surface area contributed by atoms with Crippen molar-refractivity contribution in [2.45, 2.75) is 38.8 Å². The summed E-state index contributed by atoms with van der Waals surface area (Å²) in [4.78, 5) is 10.9. The summed E-state index contributed by atoms with van der Waals surface area (Å²) in [6.07, 6.45) is 1.10. The van der Waals surface area contributed by atoms with Gasteiger partial charge in [0.15, 0.2) is 0 Å². The molecule has 4 heteroatoms. The van der Waals surface area contributed by atoms with E-state index in [9.17, 15) is 4.79 Å². The zero-order valence-electron chi connectivity index (χ0n) is 11.0. The number of anilines is 1. The number of aryl methyl sites for hydroxylation is 1. The lowest BCUT2D eigenvalue weighted by atomic mass is 9.93. The van der Waals surface area contributed by atoms with Gasteiger partial charge < -0.3 is 15.2 Å². The van der Waals surface area contributed by atoms with Gasteiger partial charge in [0.05, 0.1) is 17.2 Å². The number of hydrogen-bond acceptors (Lipinski definition) is 3. The molecule has 2 N–H and O–H groups in total. The SMILES string of the molecule is Cc1cc(C(=O)O)ccc1NC1(C)CCOC1C. The van der Waals surface area contributed by atoms with Gasteiger partial charge in [0.2, 0.25) is 0 Å². The summed E-state index contributed by atoms with van der Waals surface area (Å²) >= 11 is 0. The molecule has 1 aliphatic heterocycles. The van der Waals surface area contributed by atoms with Gasteiger partial charge in [-0.15, -0.1) is 0 Å². The molecule has 1 aromatic carbocycles. The van der Waals surface area contributed by atoms with Crippen LogP contribution in [-0.4, -0.2) is 29.3 Å². The van der Waals surface area contributed by atoms with Gasteiger partial charge in [0.1, 0.15) is 0 Å². The number of benzene rings is 1. The predicted molar refractivity (Wildman–Crippen MR) is 70.2 cm³/mol. The summed E-state index contributed by atoms with van der Waals surface area (Å²) in [5, 5.41) is 12.4. The first-order valence-electron chi connectivity index (χ1n) is 6.16. The second kappa shape index (κ2) is 4.61. The molecule has 0 saturated carbocycles. The van der Waals surface area contributed by atoms with E-state index in [4.69, 9.17) is 9.84 Å². The lowest BCUT2D eigenvalue weighted by Gasteiger charge is -2.31. The summed E-state index contributed by atoms with van der Waals surface area (Å²) < 4.78 is 5.59. The summed E-state index contributed by atoms with van der Waals surface area (Å²) in [7, 11) is 0. The highest BCUT2D eigenvalue weighted by atomic mass is 16.5. The molecule has 2 rings (SSSR count). The Morgan fingerprint density at radius 1 is 1.56 bits per heavy atom. The van der Waals surface area contributed by atoms with Crippen molar-refractivity contribution >= 4 is 11.7 Å². The van der Waals surface area contributed by atoms with Crippen LogP contribution in [0.25, 0.3) is 0 Å². The van der Waals surface area contributed by atoms with Crippen LogP contribution in [0.3, 0.4) is 0 Å². The van der Waals surface area contributed by atoms with E-state index in [2.05, 4.69) is 19.2 Å². The highest BCUT2D eigenvalue weighted by Gasteiger charge is 2.37. The summed E-state index contributed by atoms with van der Waals surface area (Å²) in [6.45, 7) is 6.87. The standard InChI is InChI=1S/C14H19NO3/c1-9-8-11(13(16)17)4-5-12(9)15-14(3)6-7-18-10(14)2/h4-5,8,10,15H,6-7H2,1-3H3,(H,16,17). The van der Waals surface area contributed by atoms with E-state index in [1.165, 1.54) is 0 Å². The molecule has 0 spiro atoms. The van der Waals surface area contributed by atoms with Crippen molar-refractivity contribution in [2.75, 3.05) is 11.9 Å². The molecule has 4 nitrogen and oxygen atoms in total. The van der Waals surface area contributed by atoms with Crippen LogP contribution in [-0.2, 0) is 4.74 Å². The highest BCUT2D eigenvalue weighted by molar-refractivity contribution is 5.88. The molecule has 18 heavy (non-hydrogen) atoms. The third-order valence-corrected chi connectivity index (χ3v) is 3.78. The van der Waals surface area contributed by atoms with Gasteiger partial charge in [-0.25, -0.2) is 4.79 Å². The van der Waals surface area contributed by atoms with E-state index in [0.717, 1.165) is 24.3 Å². The topological polar surface area (TPSA) is 58.6 Å². The minimum absolute atomic E-state index is 0.0878. The maximum atomic E-state index is 10.9. The van der Waals surface area contributed by atoms with Crippen molar-refractivity contribution in [3.05, 3.63) is 29.3 Å². The fraction of sp³-hybridized carbons (Fsp3) is 0.500. The Morgan fingerprint density at radius 2 is 2.28 bits per heavy atom. The minimum Gasteiger partial charge on any atom is -0.478 e. The maximum Gasteiger partial charge on any atom is 0.335 e. The van der Waals surface area contributed by atoms with Crippen molar-refractivity contribution in [1.82, 2.24) is 0 Å². The molecule has 1 aromatic rings. The van der Waals surface area contributed by atoms with Crippen LogP contribution in [0.5, 0.6) is 0 Å². The third-order valence-electron chi connectivity index (χ3n) is 3.78. The van der Waals surface area contributed by atoms with E-state index in [1.54, 1.807) is 12.1 Å². The number of carboxylic acids is 1. The molecule has 0 aromatic heterocycles. The van der Waals surface area contributed by atoms with Gasteiger partial charge in [0, 0.05) is 12.3 Å². The first-order chi connectivity index (χ1) is 8.42. The van der Waals surface area contributed by atoms with Gasteiger partial charge in [-0.05, 0) is 51.0 Å². The first kappa shape index (κ1) is 12.9. The van der Waals surface area contributed by atoms with E-state index < -0.39 is 5.97 Å². The molecule has 2 unspecified atom stereocenters. The van der Waals surface area contributed by atoms with Gasteiger partial charge in [-0.3, -0.25) is 0 Å². The fourth-order valence-electron chi connectivity index (χ4n) is 2.24. The molecule has 1 aliphatic rings. The van der Waals surface area contributed by atoms with Crippen molar-refractivity contribution in [3.63, 3.8) is 0 Å². The number of nitrogens with one attached hydrogen (secondary N) is 1. The normalized spacial score (nSPS) is 27.2. The number of hydrogen-bond donors (Lipinski definition) is 2. The van der Waals surface area contributed by atoms with E-state index in [1.807, 2.05) is 13.0 Å². The summed E-state index contributed by atoms with van der Waals surface area (Å²) in [6, 6.07) is 5.14. The Bertz CT molecular complexity index is 472. The third kappa shape index (κ3) is 2.34. The predicted octanol–water partition coefficient (Wildman–Crippen LogP) is 2.67. The number of aromatic carboxylic acids is 1. The number of carbonyl (C=O) groups is 1. The maximum absolute atomic E-state index is 10.9. The fourth-order valence-corrected chi connectivity index (χ4v) is 2.24. The van der Waals surface area contributed by atoms with Gasteiger partial charge in [0.25, 0.3) is 0 Å². The van der Waals surface area contributed by atoms with E-state index >= 15 is 0 Å². The molecule has 1 fully saturated rings. The van der Waals surface area contributed by atoms with Crippen molar-refractivity contribution in [1.29, 1.82) is 0 Å². The van der Waals surface area contributed by atoms with E-state index in [-0.39, 0.29) is 11.6 Å². The number of rotatable bonds is 3. The lowest BCUT2D eigenvalue weighted by Crippen LogP contribution is -2.41. The largest absolute Gasteiger partial charge is 0.478 e. The second-order valence-corrected chi connectivity index (χ2v) is 5.14. The Kier molecular flexibility index (Phi) is 3.30. The van der Waals surface area contributed by atoms with Crippen LogP contribution >= 0.6 is 0 Å². The molecule has 0 radical (unpaired) electrons. The summed E-state index contributed by atoms with van der Waals surface area (Å²) in [5.74, 6) is -0.895. The average molecular weight is 249 g/mol. The zero-order valence-corrected chi connectivity index (χ0v) is 11.0. The van der Waals surface area contributed by atoms with Crippen LogP contribution in [0, 0.1) is 6.92 Å². The highest BCUT2D eigenvalue weighted by Crippen LogP contribution is 2.31. The number of carboxylic acid groups (broad SMARTS) is 1. The van der Waals surface area contributed by atoms with Crippen molar-refractivity contribution in [3.8, 4) is 0 Å². The quantitative estimate of drug-likeness (QED) is 0.864. The van der Waals surface area contributed by atoms with Crippen molar-refractivity contribution in [2.24, 2.45) is 0 Å². The summed E-state index contributed by atoms with van der Waals surface area (Å²) in [5.41, 5.74) is 2.14. The molecule has 98 valence electrons. The molecular weight excluding hydrogens is 230 g/mol. The Labute approximate surface area is 107 Å². The van der Waals surface area contributed by atoms with Gasteiger partial charge in [-0.2, -0.15) is 0 Å². The van der Waals surface area contributed by atoms with Crippen LogP contribution in [0.2, 0.25) is 0 Å². The second-order valence-electron chi connectivity index (χ2n) is 5.14. The monoisotopic (exact) mass is 249 g/mol. The molecule has 0 bridgehead atoms. The molecule has 1 heterocycles. The Hall–Kier alpha value is -1.55. The van der Waals surface area contributed by atoms with Gasteiger partial charge in [-0.1, -0.05) is 0 Å². The molecule has 2 atom stereocenters. The smallest absolute Gasteiger partial charge is 0.335 e. The minimum atomic E-state index is -0.895. The first-order valence-corrected chi connectivity index (χ1v) is 6.16. The van der Waals surface area contributed by atoms with Crippen LogP contribution in [0.15, 0.2) is 18.2 Å². The lowest BCUT2D eigenvalue weighted by molar-refractivity contribution is 0.0697. The van der Waals surface area contributed by atoms with Crippen molar-refractivity contribution < 1.29 is 14.6 Å². The van der Waals surface area contributed by atoms with Gasteiger partial charge >= 0.3 is 5.97 Å². The molecule has 0 aliphatic carbocycles. The Balaban J connectivity index is 2.22. The zero-order chi connectivity index (χ0) is 13.3. The molecular formula is C14H19NO3. The van der Waals surface area contributed by atoms with E-state index in [0.29, 0.717) is 5.56 Å². The van der Waals surface area contributed by atoms with Crippen LogP contribution < -0.4 is 5.32 Å². The molecule has 1 saturated heterocycles. The Morgan fingerprint density at radius 3 is 2.78 bits per heavy atom.